The van der Waals surface area contributed by atoms with E-state index < -0.39 is 0 Å². The molecule has 1 amide bonds. The van der Waals surface area contributed by atoms with E-state index >= 15 is 0 Å². The maximum atomic E-state index is 11.7. The highest BCUT2D eigenvalue weighted by Crippen LogP contribution is 2.30. The highest BCUT2D eigenvalue weighted by atomic mass is 35.5. The molecule has 0 aromatic carbocycles. The van der Waals surface area contributed by atoms with Crippen LogP contribution in [0, 0.1) is 0 Å². The van der Waals surface area contributed by atoms with Gasteiger partial charge in [-0.2, -0.15) is 0 Å². The summed E-state index contributed by atoms with van der Waals surface area (Å²) in [5.41, 5.74) is 5.73. The second kappa shape index (κ2) is 7.19. The molecule has 118 valence electrons. The van der Waals surface area contributed by atoms with Gasteiger partial charge in [0.25, 0.3) is 0 Å². The Hall–Kier alpha value is -1.48. The average Bonchev–Trinajstić information content (AvgIpc) is 2.88. The van der Waals surface area contributed by atoms with Crippen molar-refractivity contribution in [3.63, 3.8) is 0 Å². The monoisotopic (exact) mass is 318 g/mol. The van der Waals surface area contributed by atoms with Crippen LogP contribution in [0.3, 0.4) is 0 Å². The molecule has 0 saturated carbocycles. The first-order valence-electron chi connectivity index (χ1n) is 8.23. The lowest BCUT2D eigenvalue weighted by molar-refractivity contribution is -0.121. The average molecular weight is 319 g/mol. The number of carbonyl (C=O) groups is 1. The van der Waals surface area contributed by atoms with Crippen molar-refractivity contribution < 1.29 is 4.79 Å². The van der Waals surface area contributed by atoms with Crippen molar-refractivity contribution >= 4 is 23.0 Å². The van der Waals surface area contributed by atoms with E-state index in [2.05, 4.69) is 34.1 Å². The van der Waals surface area contributed by atoms with E-state index in [0.29, 0.717) is 18.8 Å². The number of rotatable bonds is 6. The van der Waals surface area contributed by atoms with Gasteiger partial charge in [0.2, 0.25) is 5.91 Å². The molecule has 2 aromatic rings. The van der Waals surface area contributed by atoms with Gasteiger partial charge < -0.3 is 9.72 Å². The third kappa shape index (κ3) is 3.14. The number of hydrogen-bond donors (Lipinski definition) is 1. The quantitative estimate of drug-likeness (QED) is 0.813. The molecule has 3 nitrogen and oxygen atoms in total. The summed E-state index contributed by atoms with van der Waals surface area (Å²) in [6, 6.07) is 6.39. The van der Waals surface area contributed by atoms with Crippen molar-refractivity contribution in [3.05, 3.63) is 41.2 Å². The zero-order valence-electron chi connectivity index (χ0n) is 12.9. The normalized spacial score (nSPS) is 14.0. The Labute approximate surface area is 136 Å². The number of nitrogens with zero attached hydrogens (tertiary/aromatic N) is 1. The number of hydrogen-bond acceptors (Lipinski definition) is 1. The lowest BCUT2D eigenvalue weighted by Gasteiger charge is -2.13. The minimum atomic E-state index is 0.109. The van der Waals surface area contributed by atoms with E-state index in [9.17, 15) is 4.79 Å². The van der Waals surface area contributed by atoms with Crippen LogP contribution >= 0.6 is 11.6 Å². The molecule has 0 unspecified atom stereocenters. The van der Waals surface area contributed by atoms with Crippen molar-refractivity contribution in [1.29, 1.82) is 0 Å². The van der Waals surface area contributed by atoms with Crippen LogP contribution in [-0.2, 0) is 24.1 Å². The van der Waals surface area contributed by atoms with Crippen LogP contribution in [-0.4, -0.2) is 22.7 Å². The van der Waals surface area contributed by atoms with Crippen LogP contribution in [0.2, 0.25) is 0 Å². The molecule has 1 N–H and O–H groups in total. The standard InChI is InChI=1S/C18H23ClN2O/c19-11-5-9-18(22)20-12-10-15-14-6-1-2-7-16(14)21-13-4-3-8-17(15)21/h3-4,8,13H,1-2,5-7,9-12H2,(H,20,22). The van der Waals surface area contributed by atoms with Gasteiger partial charge in [0.15, 0.2) is 0 Å². The van der Waals surface area contributed by atoms with Crippen molar-refractivity contribution in [2.45, 2.75) is 44.9 Å². The summed E-state index contributed by atoms with van der Waals surface area (Å²) in [6.07, 6.45) is 9.25. The largest absolute Gasteiger partial charge is 0.356 e. The Kier molecular flexibility index (Phi) is 5.04. The number of fused-ring (bicyclic) bond motifs is 3. The van der Waals surface area contributed by atoms with Gasteiger partial charge in [0.05, 0.1) is 0 Å². The summed E-state index contributed by atoms with van der Waals surface area (Å²) >= 11 is 5.62. The van der Waals surface area contributed by atoms with Gasteiger partial charge >= 0.3 is 0 Å². The van der Waals surface area contributed by atoms with Gasteiger partial charge in [-0.1, -0.05) is 6.07 Å². The maximum Gasteiger partial charge on any atom is 0.220 e. The Balaban J connectivity index is 1.75. The first-order chi connectivity index (χ1) is 10.8. The zero-order valence-corrected chi connectivity index (χ0v) is 13.7. The van der Waals surface area contributed by atoms with Crippen LogP contribution in [0.5, 0.6) is 0 Å². The predicted molar refractivity (Wildman–Crippen MR) is 90.7 cm³/mol. The molecule has 22 heavy (non-hydrogen) atoms. The molecule has 0 fully saturated rings. The molecule has 0 radical (unpaired) electrons. The summed E-state index contributed by atoms with van der Waals surface area (Å²) in [5.74, 6) is 0.656. The predicted octanol–water partition coefficient (Wildman–Crippen LogP) is 3.50. The van der Waals surface area contributed by atoms with Crippen molar-refractivity contribution in [2.75, 3.05) is 12.4 Å². The molecule has 4 heteroatoms. The third-order valence-corrected chi connectivity index (χ3v) is 4.76. The molecular weight excluding hydrogens is 296 g/mol. The number of alkyl halides is 1. The Bertz CT molecular complexity index is 662. The number of halogens is 1. The highest BCUT2D eigenvalue weighted by molar-refractivity contribution is 6.17. The van der Waals surface area contributed by atoms with E-state index in [1.165, 1.54) is 48.0 Å². The summed E-state index contributed by atoms with van der Waals surface area (Å²) in [5, 5.41) is 3.02. The molecule has 0 atom stereocenters. The molecule has 0 aliphatic heterocycles. The first-order valence-corrected chi connectivity index (χ1v) is 8.77. The van der Waals surface area contributed by atoms with Gasteiger partial charge in [-0.3, -0.25) is 4.79 Å². The molecule has 2 aromatic heterocycles. The van der Waals surface area contributed by atoms with E-state index in [1.807, 2.05) is 0 Å². The smallest absolute Gasteiger partial charge is 0.220 e. The third-order valence-electron chi connectivity index (χ3n) is 4.50. The molecule has 0 bridgehead atoms. The van der Waals surface area contributed by atoms with Gasteiger partial charge in [0, 0.05) is 36.3 Å². The summed E-state index contributed by atoms with van der Waals surface area (Å²) < 4.78 is 2.35. The zero-order chi connectivity index (χ0) is 15.4. The summed E-state index contributed by atoms with van der Waals surface area (Å²) in [7, 11) is 0. The molecule has 0 spiro atoms. The molecule has 0 saturated heterocycles. The van der Waals surface area contributed by atoms with Crippen molar-refractivity contribution in [3.8, 4) is 0 Å². The van der Waals surface area contributed by atoms with Gasteiger partial charge in [-0.05, 0) is 61.8 Å². The van der Waals surface area contributed by atoms with Crippen LogP contribution in [0.4, 0.5) is 0 Å². The molecule has 3 rings (SSSR count). The fraction of sp³-hybridized carbons (Fsp3) is 0.500. The van der Waals surface area contributed by atoms with Gasteiger partial charge in [-0.15, -0.1) is 11.6 Å². The van der Waals surface area contributed by atoms with Gasteiger partial charge in [-0.25, -0.2) is 0 Å². The van der Waals surface area contributed by atoms with E-state index in [-0.39, 0.29) is 5.91 Å². The number of nitrogens with one attached hydrogen (secondary N) is 1. The highest BCUT2D eigenvalue weighted by Gasteiger charge is 2.20. The SMILES string of the molecule is O=C(CCCCl)NCCc1c2c(n3ccccc13)CCCC2. The minimum Gasteiger partial charge on any atom is -0.356 e. The Morgan fingerprint density at radius 2 is 2.14 bits per heavy atom. The van der Waals surface area contributed by atoms with Gasteiger partial charge in [0.1, 0.15) is 0 Å². The minimum absolute atomic E-state index is 0.109. The Morgan fingerprint density at radius 3 is 3.00 bits per heavy atom. The number of amides is 1. The summed E-state index contributed by atoms with van der Waals surface area (Å²) in [4.78, 5) is 11.7. The lowest BCUT2D eigenvalue weighted by Crippen LogP contribution is -2.25. The van der Waals surface area contributed by atoms with Crippen LogP contribution in [0.1, 0.15) is 42.5 Å². The second-order valence-corrected chi connectivity index (χ2v) is 6.34. The van der Waals surface area contributed by atoms with Crippen LogP contribution in [0.25, 0.3) is 5.52 Å². The molecule has 2 heterocycles. The molecule has 1 aliphatic rings. The van der Waals surface area contributed by atoms with Crippen molar-refractivity contribution in [2.24, 2.45) is 0 Å². The number of aromatic nitrogens is 1. The topological polar surface area (TPSA) is 33.5 Å². The number of pyridine rings is 1. The number of aryl methyl sites for hydroxylation is 1. The van der Waals surface area contributed by atoms with E-state index in [1.54, 1.807) is 0 Å². The lowest BCUT2D eigenvalue weighted by atomic mass is 9.93. The second-order valence-electron chi connectivity index (χ2n) is 5.96. The summed E-state index contributed by atoms with van der Waals surface area (Å²) in [6.45, 7) is 0.710. The maximum absolute atomic E-state index is 11.7. The first kappa shape index (κ1) is 15.4. The number of carbonyl (C=O) groups excluding carboxylic acids is 1. The van der Waals surface area contributed by atoms with E-state index in [4.69, 9.17) is 11.6 Å². The molecule has 1 aliphatic carbocycles. The Morgan fingerprint density at radius 1 is 1.27 bits per heavy atom. The molecular formula is C18H23ClN2O. The van der Waals surface area contributed by atoms with E-state index in [0.717, 1.165) is 12.8 Å². The van der Waals surface area contributed by atoms with Crippen LogP contribution in [0.15, 0.2) is 24.4 Å². The van der Waals surface area contributed by atoms with Crippen molar-refractivity contribution in [1.82, 2.24) is 9.72 Å². The fourth-order valence-corrected chi connectivity index (χ4v) is 3.61. The van der Waals surface area contributed by atoms with Crippen LogP contribution < -0.4 is 5.32 Å². The fourth-order valence-electron chi connectivity index (χ4n) is 3.48.